The summed E-state index contributed by atoms with van der Waals surface area (Å²) in [6.45, 7) is 1.54. The molecule has 8 heteroatoms. The Labute approximate surface area is 131 Å². The molecule has 1 heterocycles. The van der Waals surface area contributed by atoms with E-state index in [1.807, 2.05) is 0 Å². The molecule has 1 aliphatic heterocycles. The molecule has 0 amide bonds. The highest BCUT2D eigenvalue weighted by molar-refractivity contribution is 7.91. The number of methoxy groups -OCH3 is 1. The maximum Gasteiger partial charge on any atom is 0.214 e. The molecule has 1 aromatic rings. The summed E-state index contributed by atoms with van der Waals surface area (Å²) in [6.07, 6.45) is 3.29. The summed E-state index contributed by atoms with van der Waals surface area (Å²) in [5.41, 5.74) is 6.57. The zero-order valence-electron chi connectivity index (χ0n) is 13.7. The number of nitrogens with zero attached hydrogens (tertiary/aromatic N) is 1. The molecule has 7 nitrogen and oxygen atoms in total. The van der Waals surface area contributed by atoms with Gasteiger partial charge in [-0.1, -0.05) is 6.92 Å². The molecule has 2 rings (SSSR count). The molecule has 0 fully saturated rings. The van der Waals surface area contributed by atoms with Gasteiger partial charge in [0.1, 0.15) is 11.6 Å². The predicted octanol–water partition coefficient (Wildman–Crippen LogP) is 0.293. The quantitative estimate of drug-likeness (QED) is 0.735. The van der Waals surface area contributed by atoms with Crippen LogP contribution in [0.5, 0.6) is 5.75 Å². The van der Waals surface area contributed by atoms with Crippen LogP contribution in [0, 0.1) is 0 Å². The Hall–Kier alpha value is -2.06. The van der Waals surface area contributed by atoms with Gasteiger partial charge in [-0.05, 0) is 24.3 Å². The molecule has 1 aromatic carbocycles. The Balaban J connectivity index is 2.70. The van der Waals surface area contributed by atoms with Crippen molar-refractivity contribution in [1.82, 2.24) is 10.6 Å². The van der Waals surface area contributed by atoms with Crippen LogP contribution in [0.15, 0.2) is 40.3 Å². The van der Waals surface area contributed by atoms with Crippen LogP contribution in [0.2, 0.25) is 0 Å². The monoisotopic (exact) mass is 325 g/mol. The summed E-state index contributed by atoms with van der Waals surface area (Å²) >= 11 is 0. The van der Waals surface area contributed by atoms with Crippen LogP contribution >= 0.6 is 0 Å². The Morgan fingerprint density at radius 2 is 2.32 bits per heavy atom. The summed E-state index contributed by atoms with van der Waals surface area (Å²) in [7, 11) is -0.401. The minimum Gasteiger partial charge on any atom is -0.496 e. The minimum absolute atomic E-state index is 0.0168. The number of likely N-dealkylation sites (N-methyl/N-ethyl adjacent to an activating group) is 1. The van der Waals surface area contributed by atoms with Gasteiger partial charge in [-0.15, -0.1) is 0 Å². The SMILES string of the molecule is [2H]c1cc(S(=O)(=O)CC)cc(C2(N)N=C(NC)C=CN2)c1OC. The first-order valence-corrected chi connectivity index (χ1v) is 8.35. The van der Waals surface area contributed by atoms with Crippen molar-refractivity contribution in [2.45, 2.75) is 17.6 Å². The van der Waals surface area contributed by atoms with E-state index in [4.69, 9.17) is 11.8 Å². The van der Waals surface area contributed by atoms with E-state index < -0.39 is 15.6 Å². The van der Waals surface area contributed by atoms with Crippen LogP contribution in [0.3, 0.4) is 0 Å². The van der Waals surface area contributed by atoms with Crippen molar-refractivity contribution in [3.8, 4) is 5.75 Å². The standard InChI is InChI=1S/C14H20N4O3S/c1-4-22(19,20)10-5-6-12(21-3)11(9-10)14(15)17-8-7-13(16-2)18-14/h5-9,17H,4,15H2,1-3H3,(H,16,18)/i6D. The highest BCUT2D eigenvalue weighted by Gasteiger charge is 2.32. The van der Waals surface area contributed by atoms with Crippen LogP contribution in [-0.2, 0) is 15.6 Å². The van der Waals surface area contributed by atoms with Crippen LogP contribution in [0.4, 0.5) is 0 Å². The summed E-state index contributed by atoms with van der Waals surface area (Å²) in [5, 5.41) is 5.76. The van der Waals surface area contributed by atoms with Crippen molar-refractivity contribution in [3.63, 3.8) is 0 Å². The Morgan fingerprint density at radius 1 is 1.59 bits per heavy atom. The van der Waals surface area contributed by atoms with Crippen LogP contribution < -0.4 is 21.1 Å². The third-order valence-corrected chi connectivity index (χ3v) is 5.04. The van der Waals surface area contributed by atoms with Gasteiger partial charge in [-0.25, -0.2) is 13.4 Å². The zero-order valence-corrected chi connectivity index (χ0v) is 13.5. The van der Waals surface area contributed by atoms with E-state index in [-0.39, 0.29) is 28.0 Å². The van der Waals surface area contributed by atoms with E-state index >= 15 is 0 Å². The normalized spacial score (nSPS) is 21.6. The third kappa shape index (κ3) is 2.93. The minimum atomic E-state index is -3.49. The molecule has 120 valence electrons. The summed E-state index contributed by atoms with van der Waals surface area (Å²) in [5.74, 6) is -0.824. The summed E-state index contributed by atoms with van der Waals surface area (Å²) in [6, 6.07) is 2.59. The first kappa shape index (κ1) is 14.9. The lowest BCUT2D eigenvalue weighted by Gasteiger charge is -2.30. The number of hydrogen-bond donors (Lipinski definition) is 3. The molecule has 1 atom stereocenters. The first-order chi connectivity index (χ1) is 10.8. The zero-order chi connectivity index (χ0) is 17.3. The van der Waals surface area contributed by atoms with Crippen molar-refractivity contribution >= 4 is 15.7 Å². The smallest absolute Gasteiger partial charge is 0.214 e. The number of amidine groups is 1. The predicted molar refractivity (Wildman–Crippen MR) is 85.4 cm³/mol. The fourth-order valence-corrected chi connectivity index (χ4v) is 2.92. The number of aliphatic imine (C=N–C) groups is 1. The van der Waals surface area contributed by atoms with E-state index in [9.17, 15) is 8.42 Å². The maximum absolute atomic E-state index is 12.2. The van der Waals surface area contributed by atoms with E-state index in [0.717, 1.165) is 0 Å². The van der Waals surface area contributed by atoms with E-state index in [1.54, 1.807) is 26.2 Å². The first-order valence-electron chi connectivity index (χ1n) is 7.20. The average Bonchev–Trinajstić information content (AvgIpc) is 2.54. The number of nitrogens with one attached hydrogen (secondary N) is 2. The van der Waals surface area contributed by atoms with Gasteiger partial charge >= 0.3 is 0 Å². The average molecular weight is 325 g/mol. The molecule has 1 aliphatic rings. The van der Waals surface area contributed by atoms with Crippen LogP contribution in [0.1, 0.15) is 13.9 Å². The van der Waals surface area contributed by atoms with Crippen LogP contribution in [-0.4, -0.2) is 34.2 Å². The second-order valence-electron chi connectivity index (χ2n) is 4.68. The van der Waals surface area contributed by atoms with Crippen molar-refractivity contribution < 1.29 is 14.5 Å². The maximum atomic E-state index is 12.2. The van der Waals surface area contributed by atoms with E-state index in [0.29, 0.717) is 5.84 Å². The summed E-state index contributed by atoms with van der Waals surface area (Å²) in [4.78, 5) is 4.35. The number of benzene rings is 1. The second-order valence-corrected chi connectivity index (χ2v) is 6.96. The lowest BCUT2D eigenvalue weighted by Crippen LogP contribution is -2.50. The molecule has 0 saturated heterocycles. The van der Waals surface area contributed by atoms with Gasteiger partial charge in [0.05, 0.1) is 24.7 Å². The van der Waals surface area contributed by atoms with Gasteiger partial charge in [-0.2, -0.15) is 0 Å². The van der Waals surface area contributed by atoms with Gasteiger partial charge in [0.15, 0.2) is 9.84 Å². The molecule has 0 radical (unpaired) electrons. The highest BCUT2D eigenvalue weighted by Crippen LogP contribution is 2.31. The van der Waals surface area contributed by atoms with Crippen molar-refractivity contribution in [1.29, 1.82) is 0 Å². The molecule has 22 heavy (non-hydrogen) atoms. The van der Waals surface area contributed by atoms with Gasteiger partial charge in [0.25, 0.3) is 0 Å². The number of nitrogens with two attached hydrogens (primary N) is 1. The topological polar surface area (TPSA) is 106 Å². The molecule has 1 unspecified atom stereocenters. The second kappa shape index (κ2) is 5.98. The molecule has 0 spiro atoms. The molecule has 0 aromatic heterocycles. The fourth-order valence-electron chi connectivity index (χ4n) is 2.05. The van der Waals surface area contributed by atoms with Gasteiger partial charge < -0.3 is 15.4 Å². The third-order valence-electron chi connectivity index (χ3n) is 3.33. The molecule has 4 N–H and O–H groups in total. The van der Waals surface area contributed by atoms with Crippen LogP contribution in [0.25, 0.3) is 0 Å². The van der Waals surface area contributed by atoms with E-state index in [1.165, 1.54) is 19.2 Å². The lowest BCUT2D eigenvalue weighted by molar-refractivity contribution is 0.359. The highest BCUT2D eigenvalue weighted by atomic mass is 32.2. The number of sulfone groups is 1. The van der Waals surface area contributed by atoms with Crippen molar-refractivity contribution in [2.75, 3.05) is 19.9 Å². The van der Waals surface area contributed by atoms with Gasteiger partial charge in [0.2, 0.25) is 5.79 Å². The van der Waals surface area contributed by atoms with Crippen molar-refractivity contribution in [2.24, 2.45) is 10.7 Å². The van der Waals surface area contributed by atoms with Gasteiger partial charge in [0, 0.05) is 13.2 Å². The number of hydrogen-bond acceptors (Lipinski definition) is 7. The molecule has 0 saturated carbocycles. The van der Waals surface area contributed by atoms with E-state index in [2.05, 4.69) is 15.6 Å². The number of rotatable bonds is 4. The Bertz CT molecular complexity index is 776. The summed E-state index contributed by atoms with van der Waals surface area (Å²) < 4.78 is 37.6. The Kier molecular flexibility index (Phi) is 4.04. The molecular weight excluding hydrogens is 304 g/mol. The Morgan fingerprint density at radius 3 is 2.91 bits per heavy atom. The van der Waals surface area contributed by atoms with Crippen molar-refractivity contribution in [3.05, 3.63) is 36.0 Å². The van der Waals surface area contributed by atoms with Gasteiger partial charge in [-0.3, -0.25) is 5.73 Å². The molecule has 0 aliphatic carbocycles. The largest absolute Gasteiger partial charge is 0.496 e. The molecular formula is C14H20N4O3S. The number of ether oxygens (including phenoxy) is 1. The lowest BCUT2D eigenvalue weighted by atomic mass is 10.1. The fraction of sp³-hybridized carbons (Fsp3) is 0.357. The molecule has 0 bridgehead atoms.